The number of nitrogens with zero attached hydrogens (tertiary/aromatic N) is 2. The van der Waals surface area contributed by atoms with Crippen LogP contribution in [0.15, 0.2) is 12.4 Å². The van der Waals surface area contributed by atoms with Crippen LogP contribution in [-0.2, 0) is 0 Å². The molecule has 1 heterocycles. The van der Waals surface area contributed by atoms with Gasteiger partial charge in [-0.15, -0.1) is 0 Å². The van der Waals surface area contributed by atoms with Crippen LogP contribution in [0.25, 0.3) is 0 Å². The van der Waals surface area contributed by atoms with Gasteiger partial charge >= 0.3 is 12.1 Å². The predicted molar refractivity (Wildman–Crippen MR) is 56.0 cm³/mol. The number of carbonyl (C=O) groups is 1. The largest absolute Gasteiger partial charge is 0.415 e. The molecule has 1 amide bonds. The highest BCUT2D eigenvalue weighted by atomic mass is 35.5. The van der Waals surface area contributed by atoms with Gasteiger partial charge < -0.3 is 10.1 Å². The number of aromatic nitrogens is 2. The van der Waals surface area contributed by atoms with Crippen molar-refractivity contribution < 1.29 is 9.53 Å². The van der Waals surface area contributed by atoms with E-state index in [1.165, 1.54) is 12.4 Å². The number of rotatable bonds is 1. The fraction of sp³-hybridized carbons (Fsp3) is 0.444. The van der Waals surface area contributed by atoms with Crippen molar-refractivity contribution in [1.29, 1.82) is 0 Å². The average Bonchev–Trinajstić information content (AvgIpc) is 2.05. The summed E-state index contributed by atoms with van der Waals surface area (Å²) in [6.45, 7) is 5.53. The molecule has 0 saturated heterocycles. The van der Waals surface area contributed by atoms with E-state index in [4.69, 9.17) is 16.3 Å². The molecule has 0 unspecified atom stereocenters. The van der Waals surface area contributed by atoms with Gasteiger partial charge in [-0.05, 0) is 20.8 Å². The monoisotopic (exact) mass is 229 g/mol. The van der Waals surface area contributed by atoms with E-state index >= 15 is 0 Å². The molecule has 0 spiro atoms. The number of carbonyl (C=O) groups excluding carboxylic acids is 1. The molecule has 5 nitrogen and oxygen atoms in total. The molecular weight excluding hydrogens is 218 g/mol. The smallest absolute Gasteiger partial charge is 0.374 e. The Hall–Kier alpha value is -1.36. The van der Waals surface area contributed by atoms with E-state index in [1.807, 2.05) is 20.8 Å². The number of amides is 1. The highest BCUT2D eigenvalue weighted by Crippen LogP contribution is 2.07. The first-order valence-electron chi connectivity index (χ1n) is 4.34. The lowest BCUT2D eigenvalue weighted by molar-refractivity contribution is 0.186. The zero-order valence-corrected chi connectivity index (χ0v) is 9.50. The Kier molecular flexibility index (Phi) is 3.47. The van der Waals surface area contributed by atoms with Crippen molar-refractivity contribution in [3.8, 4) is 6.01 Å². The van der Waals surface area contributed by atoms with Gasteiger partial charge in [0.2, 0.25) is 0 Å². The van der Waals surface area contributed by atoms with Crippen molar-refractivity contribution in [1.82, 2.24) is 15.3 Å². The Balaban J connectivity index is 2.55. The number of nitrogens with one attached hydrogen (secondary N) is 1. The Bertz CT molecular complexity index is 345. The minimum Gasteiger partial charge on any atom is -0.374 e. The topological polar surface area (TPSA) is 64.1 Å². The fourth-order valence-electron chi connectivity index (χ4n) is 0.768. The number of hydrogen-bond acceptors (Lipinski definition) is 4. The summed E-state index contributed by atoms with van der Waals surface area (Å²) in [4.78, 5) is 18.7. The lowest BCUT2D eigenvalue weighted by atomic mass is 10.1. The zero-order chi connectivity index (χ0) is 11.5. The molecule has 0 bridgehead atoms. The minimum atomic E-state index is -0.593. The van der Waals surface area contributed by atoms with Crippen molar-refractivity contribution in [3.05, 3.63) is 17.4 Å². The summed E-state index contributed by atoms with van der Waals surface area (Å²) >= 11 is 5.57. The van der Waals surface area contributed by atoms with Gasteiger partial charge in [-0.25, -0.2) is 14.8 Å². The van der Waals surface area contributed by atoms with Gasteiger partial charge in [-0.2, -0.15) is 0 Å². The lowest BCUT2D eigenvalue weighted by Crippen LogP contribution is -2.42. The molecular formula is C9H12ClN3O2. The summed E-state index contributed by atoms with van der Waals surface area (Å²) < 4.78 is 4.81. The summed E-state index contributed by atoms with van der Waals surface area (Å²) in [7, 11) is 0. The van der Waals surface area contributed by atoms with Gasteiger partial charge in [0.15, 0.2) is 0 Å². The summed E-state index contributed by atoms with van der Waals surface area (Å²) in [5.41, 5.74) is -0.358. The van der Waals surface area contributed by atoms with Gasteiger partial charge in [0.05, 0.1) is 17.4 Å². The fourth-order valence-corrected chi connectivity index (χ4v) is 0.865. The van der Waals surface area contributed by atoms with E-state index in [0.29, 0.717) is 5.02 Å². The van der Waals surface area contributed by atoms with Crippen molar-refractivity contribution in [2.24, 2.45) is 0 Å². The third-order valence-electron chi connectivity index (χ3n) is 1.26. The Labute approximate surface area is 92.8 Å². The molecule has 1 rings (SSSR count). The van der Waals surface area contributed by atoms with E-state index in [9.17, 15) is 4.79 Å². The Morgan fingerprint density at radius 2 is 1.93 bits per heavy atom. The van der Waals surface area contributed by atoms with Crippen LogP contribution in [0.1, 0.15) is 20.8 Å². The van der Waals surface area contributed by atoms with E-state index in [0.717, 1.165) is 0 Å². The molecule has 0 fully saturated rings. The third kappa shape index (κ3) is 4.60. The molecule has 6 heteroatoms. The van der Waals surface area contributed by atoms with Crippen LogP contribution in [0, 0.1) is 0 Å². The Morgan fingerprint density at radius 3 is 2.40 bits per heavy atom. The van der Waals surface area contributed by atoms with Crippen molar-refractivity contribution in [2.45, 2.75) is 26.3 Å². The highest BCUT2D eigenvalue weighted by Gasteiger charge is 2.15. The minimum absolute atomic E-state index is 0.0267. The molecule has 0 aliphatic carbocycles. The quantitative estimate of drug-likeness (QED) is 0.800. The van der Waals surface area contributed by atoms with Crippen LogP contribution in [0.5, 0.6) is 6.01 Å². The van der Waals surface area contributed by atoms with Gasteiger partial charge in [-0.1, -0.05) is 11.6 Å². The molecule has 0 aliphatic heterocycles. The maximum Gasteiger partial charge on any atom is 0.415 e. The molecule has 1 aromatic rings. The second-order valence-electron chi connectivity index (χ2n) is 3.95. The molecule has 0 atom stereocenters. The Morgan fingerprint density at radius 1 is 1.40 bits per heavy atom. The van der Waals surface area contributed by atoms with Crippen LogP contribution in [0.2, 0.25) is 5.02 Å². The molecule has 1 N–H and O–H groups in total. The molecule has 0 radical (unpaired) electrons. The van der Waals surface area contributed by atoms with Crippen LogP contribution >= 0.6 is 11.6 Å². The number of ether oxygens (including phenoxy) is 1. The molecule has 0 aromatic carbocycles. The van der Waals surface area contributed by atoms with Gasteiger partial charge in [-0.3, -0.25) is 0 Å². The summed E-state index contributed by atoms with van der Waals surface area (Å²) in [5.74, 6) is 0. The van der Waals surface area contributed by atoms with Crippen LogP contribution < -0.4 is 10.1 Å². The standard InChI is InChI=1S/C9H12ClN3O2/c1-9(2,3)13-8(14)15-7-11-4-6(10)5-12-7/h4-5H,1-3H3,(H,13,14). The highest BCUT2D eigenvalue weighted by molar-refractivity contribution is 6.30. The molecule has 15 heavy (non-hydrogen) atoms. The first kappa shape index (κ1) is 11.7. The number of hydrogen-bond donors (Lipinski definition) is 1. The second-order valence-corrected chi connectivity index (χ2v) is 4.38. The van der Waals surface area contributed by atoms with Crippen molar-refractivity contribution >= 4 is 17.7 Å². The van der Waals surface area contributed by atoms with Gasteiger partial charge in [0.25, 0.3) is 0 Å². The normalized spacial score (nSPS) is 10.9. The van der Waals surface area contributed by atoms with Crippen molar-refractivity contribution in [3.63, 3.8) is 0 Å². The van der Waals surface area contributed by atoms with Gasteiger partial charge in [0.1, 0.15) is 0 Å². The second kappa shape index (κ2) is 4.44. The average molecular weight is 230 g/mol. The molecule has 0 aliphatic rings. The maximum absolute atomic E-state index is 11.3. The third-order valence-corrected chi connectivity index (χ3v) is 1.45. The van der Waals surface area contributed by atoms with Crippen LogP contribution in [-0.4, -0.2) is 21.6 Å². The molecule has 1 aromatic heterocycles. The zero-order valence-electron chi connectivity index (χ0n) is 8.74. The maximum atomic E-state index is 11.3. The molecule has 0 saturated carbocycles. The van der Waals surface area contributed by atoms with E-state index in [1.54, 1.807) is 0 Å². The SMILES string of the molecule is CC(C)(C)NC(=O)Oc1ncc(Cl)cn1. The summed E-state index contributed by atoms with van der Waals surface area (Å²) in [5, 5.41) is 3.00. The van der Waals surface area contributed by atoms with Crippen LogP contribution in [0.4, 0.5) is 4.79 Å². The predicted octanol–water partition coefficient (Wildman–Crippen LogP) is 2.02. The summed E-state index contributed by atoms with van der Waals surface area (Å²) in [6, 6.07) is -0.0267. The number of halogens is 1. The van der Waals surface area contributed by atoms with E-state index < -0.39 is 6.09 Å². The van der Waals surface area contributed by atoms with E-state index in [-0.39, 0.29) is 11.5 Å². The van der Waals surface area contributed by atoms with Crippen LogP contribution in [0.3, 0.4) is 0 Å². The van der Waals surface area contributed by atoms with E-state index in [2.05, 4.69) is 15.3 Å². The first-order chi connectivity index (χ1) is 6.87. The lowest BCUT2D eigenvalue weighted by Gasteiger charge is -2.19. The first-order valence-corrected chi connectivity index (χ1v) is 4.72. The summed E-state index contributed by atoms with van der Waals surface area (Å²) in [6.07, 6.45) is 2.12. The van der Waals surface area contributed by atoms with Crippen molar-refractivity contribution in [2.75, 3.05) is 0 Å². The van der Waals surface area contributed by atoms with Gasteiger partial charge in [0, 0.05) is 5.54 Å². The molecule has 82 valence electrons.